The van der Waals surface area contributed by atoms with E-state index in [2.05, 4.69) is 24.5 Å². The van der Waals surface area contributed by atoms with Crippen molar-refractivity contribution in [2.24, 2.45) is 28.6 Å². The quantitative estimate of drug-likeness (QED) is 0.343. The molecule has 0 heterocycles. The minimum atomic E-state index is -1.11. The molecule has 0 unspecified atom stereocenters. The maximum atomic E-state index is 12.8. The summed E-state index contributed by atoms with van der Waals surface area (Å²) in [5.74, 6) is -0.633. The molecule has 9 heteroatoms. The lowest BCUT2D eigenvalue weighted by Crippen LogP contribution is -2.51. The van der Waals surface area contributed by atoms with Gasteiger partial charge in [0.25, 0.3) is 0 Å². The Hall–Kier alpha value is -2.71. The van der Waals surface area contributed by atoms with E-state index in [0.717, 1.165) is 44.9 Å². The van der Waals surface area contributed by atoms with Crippen LogP contribution in [0.2, 0.25) is 0 Å². The molecule has 8 atom stereocenters. The smallest absolute Gasteiger partial charge is 0.326 e. The number of carboxylic acids is 1. The fourth-order valence-corrected chi connectivity index (χ4v) is 8.36. The summed E-state index contributed by atoms with van der Waals surface area (Å²) < 4.78 is 6.00. The number of ether oxygens (including phenoxy) is 1. The molecule has 0 spiro atoms. The van der Waals surface area contributed by atoms with E-state index in [-0.39, 0.29) is 35.6 Å². The summed E-state index contributed by atoms with van der Waals surface area (Å²) in [5, 5.41) is 14.2. The molecule has 4 aliphatic rings. The molecule has 0 aromatic rings. The van der Waals surface area contributed by atoms with Crippen LogP contribution in [0.4, 0.5) is 0 Å². The van der Waals surface area contributed by atoms with Gasteiger partial charge in [0, 0.05) is 18.3 Å². The summed E-state index contributed by atoms with van der Waals surface area (Å²) >= 11 is 0. The molecule has 3 N–H and O–H groups in total. The Morgan fingerprint density at radius 2 is 1.77 bits per heavy atom. The molecule has 0 aliphatic heterocycles. The van der Waals surface area contributed by atoms with Crippen molar-refractivity contribution >= 4 is 29.5 Å². The van der Waals surface area contributed by atoms with E-state index in [1.165, 1.54) is 12.5 Å². The van der Waals surface area contributed by atoms with Crippen molar-refractivity contribution in [3.05, 3.63) is 11.6 Å². The van der Waals surface area contributed by atoms with Crippen molar-refractivity contribution in [3.63, 3.8) is 0 Å². The number of carbonyl (C=O) groups excluding carboxylic acids is 4. The minimum absolute atomic E-state index is 0.0721. The summed E-state index contributed by atoms with van der Waals surface area (Å²) in [6, 6.07) is -1.91. The average Bonchev–Trinajstić information content (AvgIpc) is 3.23. The van der Waals surface area contributed by atoms with Crippen LogP contribution in [0.1, 0.15) is 105 Å². The molecule has 0 bridgehead atoms. The van der Waals surface area contributed by atoms with Crippen molar-refractivity contribution in [2.45, 2.75) is 123 Å². The van der Waals surface area contributed by atoms with Gasteiger partial charge in [0.1, 0.15) is 18.2 Å². The van der Waals surface area contributed by atoms with Gasteiger partial charge in [-0.3, -0.25) is 19.2 Å². The van der Waals surface area contributed by atoms with Crippen molar-refractivity contribution in [2.75, 3.05) is 0 Å². The number of aliphatic carboxylic acids is 1. The Kier molecular flexibility index (Phi) is 9.10. The van der Waals surface area contributed by atoms with Gasteiger partial charge in [-0.15, -0.1) is 0 Å². The van der Waals surface area contributed by atoms with Gasteiger partial charge in [-0.25, -0.2) is 4.79 Å². The second-order valence-electron chi connectivity index (χ2n) is 13.0. The number of ketones is 1. The molecule has 0 radical (unpaired) electrons. The number of esters is 1. The number of carboxylic acid groups (broad SMARTS) is 1. The Labute approximate surface area is 237 Å². The summed E-state index contributed by atoms with van der Waals surface area (Å²) in [6.07, 6.45) is 10.1. The number of fused-ring (bicyclic) bond motifs is 5. The van der Waals surface area contributed by atoms with Crippen LogP contribution in [0.3, 0.4) is 0 Å². The fraction of sp³-hybridized carbons (Fsp3) is 0.774. The van der Waals surface area contributed by atoms with E-state index in [1.54, 1.807) is 0 Å². The average molecular weight is 559 g/mol. The summed E-state index contributed by atoms with van der Waals surface area (Å²) in [7, 11) is 0. The number of amides is 2. The van der Waals surface area contributed by atoms with E-state index in [9.17, 15) is 29.1 Å². The topological polar surface area (TPSA) is 139 Å². The molecular weight excluding hydrogens is 512 g/mol. The zero-order chi connectivity index (χ0) is 29.2. The molecule has 40 heavy (non-hydrogen) atoms. The third-order valence-electron chi connectivity index (χ3n) is 10.7. The predicted octanol–water partition coefficient (Wildman–Crippen LogP) is 4.08. The predicted molar refractivity (Wildman–Crippen MR) is 148 cm³/mol. The van der Waals surface area contributed by atoms with Gasteiger partial charge < -0.3 is 20.5 Å². The highest BCUT2D eigenvalue weighted by atomic mass is 16.5. The normalized spacial score (nSPS) is 34.3. The highest BCUT2D eigenvalue weighted by molar-refractivity contribution is 5.92. The Morgan fingerprint density at radius 1 is 1.02 bits per heavy atom. The SMILES string of the molecule is CCC[C@H](NC(=O)[C@H](C)NC(=O)CCC(=O)O[C@@H]1CC[C@@H]2[C@@H]3CCC4=CC(=O)CC[C@]4(C)[C@H]3CC[C@@]21C)C(=O)O. The van der Waals surface area contributed by atoms with Gasteiger partial charge in [0.05, 0.1) is 6.42 Å². The van der Waals surface area contributed by atoms with Crippen LogP contribution in [0.25, 0.3) is 0 Å². The Morgan fingerprint density at radius 3 is 2.48 bits per heavy atom. The molecule has 9 nitrogen and oxygen atoms in total. The van der Waals surface area contributed by atoms with E-state index in [1.807, 2.05) is 13.0 Å². The van der Waals surface area contributed by atoms with Crippen LogP contribution in [0.15, 0.2) is 11.6 Å². The summed E-state index contributed by atoms with van der Waals surface area (Å²) in [4.78, 5) is 60.9. The molecule has 2 amide bonds. The Bertz CT molecular complexity index is 1070. The maximum absolute atomic E-state index is 12.8. The van der Waals surface area contributed by atoms with Crippen LogP contribution in [0, 0.1) is 28.6 Å². The second kappa shape index (κ2) is 12.0. The number of hydrogen-bond acceptors (Lipinski definition) is 6. The summed E-state index contributed by atoms with van der Waals surface area (Å²) in [6.45, 7) is 7.95. The molecule has 0 saturated heterocycles. The van der Waals surface area contributed by atoms with Crippen LogP contribution >= 0.6 is 0 Å². The summed E-state index contributed by atoms with van der Waals surface area (Å²) in [5.41, 5.74) is 1.38. The number of rotatable bonds is 10. The third kappa shape index (κ3) is 5.98. The first-order valence-electron chi connectivity index (χ1n) is 15.1. The van der Waals surface area contributed by atoms with E-state index in [0.29, 0.717) is 37.0 Å². The number of nitrogens with one attached hydrogen (secondary N) is 2. The molecule has 3 saturated carbocycles. The lowest BCUT2D eigenvalue weighted by atomic mass is 9.47. The number of allylic oxidation sites excluding steroid dienone is 1. The zero-order valence-corrected chi connectivity index (χ0v) is 24.4. The molecule has 4 rings (SSSR count). The molecule has 4 aliphatic carbocycles. The molecular formula is C31H46N2O7. The molecule has 0 aromatic heterocycles. The maximum Gasteiger partial charge on any atom is 0.326 e. The van der Waals surface area contributed by atoms with Gasteiger partial charge in [0.15, 0.2) is 5.78 Å². The van der Waals surface area contributed by atoms with Crippen LogP contribution in [-0.4, -0.2) is 52.8 Å². The van der Waals surface area contributed by atoms with Crippen LogP contribution in [-0.2, 0) is 28.7 Å². The Balaban J connectivity index is 1.27. The monoisotopic (exact) mass is 558 g/mol. The molecule has 0 aromatic carbocycles. The largest absolute Gasteiger partial charge is 0.480 e. The van der Waals surface area contributed by atoms with Gasteiger partial charge >= 0.3 is 11.9 Å². The van der Waals surface area contributed by atoms with Crippen molar-refractivity contribution in [3.8, 4) is 0 Å². The molecule has 3 fully saturated rings. The van der Waals surface area contributed by atoms with Gasteiger partial charge in [-0.2, -0.15) is 0 Å². The highest BCUT2D eigenvalue weighted by Crippen LogP contribution is 2.65. The number of carbonyl (C=O) groups is 5. The lowest BCUT2D eigenvalue weighted by Gasteiger charge is -2.57. The highest BCUT2D eigenvalue weighted by Gasteiger charge is 2.60. The fourth-order valence-electron chi connectivity index (χ4n) is 8.36. The number of hydrogen-bond donors (Lipinski definition) is 3. The third-order valence-corrected chi connectivity index (χ3v) is 10.7. The minimum Gasteiger partial charge on any atom is -0.480 e. The first kappa shape index (κ1) is 30.3. The standard InChI is InChI=1S/C31H46N2O7/c1-5-6-24(29(38)39)33-28(37)18(2)32-26(35)11-12-27(36)40-25-10-9-22-21-8-7-19-17-20(34)13-15-30(19,3)23(21)14-16-31(22,25)4/h17-18,21-25H,5-16H2,1-4H3,(H,32,35)(H,33,37)(H,38,39)/t18-,21-,22+,23-,24-,25+,30-,31-/m0/s1. The van der Waals surface area contributed by atoms with Crippen LogP contribution in [0.5, 0.6) is 0 Å². The first-order valence-corrected chi connectivity index (χ1v) is 15.1. The van der Waals surface area contributed by atoms with Gasteiger partial charge in [0.2, 0.25) is 11.8 Å². The lowest BCUT2D eigenvalue weighted by molar-refractivity contribution is -0.160. The van der Waals surface area contributed by atoms with Crippen molar-refractivity contribution in [1.82, 2.24) is 10.6 Å². The van der Waals surface area contributed by atoms with Crippen molar-refractivity contribution < 1.29 is 33.8 Å². The van der Waals surface area contributed by atoms with E-state index in [4.69, 9.17) is 4.74 Å². The molecule has 222 valence electrons. The first-order chi connectivity index (χ1) is 18.9. The van der Waals surface area contributed by atoms with Gasteiger partial charge in [-0.1, -0.05) is 32.8 Å². The van der Waals surface area contributed by atoms with Gasteiger partial charge in [-0.05, 0) is 87.5 Å². The van der Waals surface area contributed by atoms with Crippen molar-refractivity contribution in [1.29, 1.82) is 0 Å². The van der Waals surface area contributed by atoms with Crippen LogP contribution < -0.4 is 10.6 Å². The second-order valence-corrected chi connectivity index (χ2v) is 13.0. The van der Waals surface area contributed by atoms with E-state index < -0.39 is 35.8 Å². The van der Waals surface area contributed by atoms with E-state index >= 15 is 0 Å². The zero-order valence-electron chi connectivity index (χ0n) is 24.4.